The molecule has 0 aliphatic heterocycles. The van der Waals surface area contributed by atoms with Crippen LogP contribution in [0.5, 0.6) is 0 Å². The molecule has 0 saturated carbocycles. The van der Waals surface area contributed by atoms with Gasteiger partial charge in [-0.05, 0) is 5.41 Å². The van der Waals surface area contributed by atoms with E-state index in [9.17, 15) is 0 Å². The number of rotatable bonds is 0. The molecule has 0 aromatic rings. The highest BCUT2D eigenvalue weighted by molar-refractivity contribution is 4.47. The molecule has 104 valence electrons. The average molecular weight is 261 g/mol. The van der Waals surface area contributed by atoms with Gasteiger partial charge in [0.25, 0.3) is 15.3 Å². The van der Waals surface area contributed by atoms with E-state index in [1.54, 1.807) is 0 Å². The van der Waals surface area contributed by atoms with Gasteiger partial charge in [0.15, 0.2) is 0 Å². The third-order valence-electron chi connectivity index (χ3n) is 0. The van der Waals surface area contributed by atoms with Crippen LogP contribution in [0.15, 0.2) is 0 Å². The van der Waals surface area contributed by atoms with Crippen LogP contribution in [0, 0.1) is 35.8 Å². The first kappa shape index (κ1) is 24.0. The summed E-state index contributed by atoms with van der Waals surface area (Å²) in [4.78, 5) is 25.1. The first-order valence-electron chi connectivity index (χ1n) is 3.70. The summed E-state index contributed by atoms with van der Waals surface area (Å²) in [5.41, 5.74) is 0.500. The second-order valence-electron chi connectivity index (χ2n) is 3.71. The Labute approximate surface area is 95.4 Å². The second-order valence-corrected chi connectivity index (χ2v) is 3.71. The molecule has 12 heteroatoms. The Bertz CT molecular complexity index is 177. The van der Waals surface area contributed by atoms with Gasteiger partial charge in [-0.2, -0.15) is 0 Å². The van der Waals surface area contributed by atoms with Crippen LogP contribution in [0.3, 0.4) is 0 Å². The number of nitrogens with zero attached hydrogens (tertiary/aromatic N) is 3. The van der Waals surface area contributed by atoms with Crippen molar-refractivity contribution in [2.24, 2.45) is 5.41 Å². The van der Waals surface area contributed by atoms with Crippen molar-refractivity contribution in [1.29, 1.82) is 0 Å². The molecule has 0 heterocycles. The molecule has 0 spiro atoms. The lowest BCUT2D eigenvalue weighted by atomic mass is 10.0. The summed E-state index contributed by atoms with van der Waals surface area (Å²) in [6.45, 7) is 8.75. The maximum absolute atomic E-state index is 8.36. The van der Waals surface area contributed by atoms with Crippen molar-refractivity contribution >= 4 is 0 Å². The molecule has 0 unspecified atom stereocenters. The third kappa shape index (κ3) is 318. The molecule has 17 heavy (non-hydrogen) atoms. The van der Waals surface area contributed by atoms with E-state index in [4.69, 9.17) is 46.0 Å². The predicted octanol–water partition coefficient (Wildman–Crippen LogP) is 1.01. The number of hydrogen-bond acceptors (Lipinski definition) is 6. The van der Waals surface area contributed by atoms with Crippen molar-refractivity contribution < 1.29 is 30.9 Å². The molecule has 0 bridgehead atoms. The van der Waals surface area contributed by atoms with Crippen molar-refractivity contribution in [3.05, 3.63) is 30.3 Å². The summed E-state index contributed by atoms with van der Waals surface area (Å²) in [6, 6.07) is 0. The minimum atomic E-state index is -1.50. The fraction of sp³-hybridized carbons (Fsp3) is 1.00. The molecule has 12 nitrogen and oxygen atoms in total. The molecule has 0 saturated heterocycles. The Hall–Kier alpha value is -2.40. The Morgan fingerprint density at radius 3 is 0.706 bits per heavy atom. The lowest BCUT2D eigenvalue weighted by molar-refractivity contribution is -0.742. The van der Waals surface area contributed by atoms with Crippen LogP contribution in [-0.2, 0) is 0 Å². The van der Waals surface area contributed by atoms with E-state index in [1.165, 1.54) is 0 Å². The van der Waals surface area contributed by atoms with E-state index in [-0.39, 0.29) is 0 Å². The molecule has 0 rings (SSSR count). The lowest BCUT2D eigenvalue weighted by Crippen LogP contribution is -1.93. The van der Waals surface area contributed by atoms with Crippen LogP contribution >= 0.6 is 0 Å². The smallest absolute Gasteiger partial charge is 0.291 e. The van der Waals surface area contributed by atoms with Crippen molar-refractivity contribution in [2.45, 2.75) is 27.7 Å². The van der Waals surface area contributed by atoms with Gasteiger partial charge >= 0.3 is 0 Å². The molecule has 0 fully saturated rings. The standard InChI is InChI=1S/C5H12.3HNO3/c1-5(2,3)4;3*2-1(3)4/h1-4H3;3*(H,2,3,4). The normalized spacial score (nSPS) is 7.76. The fourth-order valence-electron chi connectivity index (χ4n) is 0. The largest absolute Gasteiger partial charge is 0.328 e. The fourth-order valence-corrected chi connectivity index (χ4v) is 0. The van der Waals surface area contributed by atoms with Crippen LogP contribution in [0.2, 0.25) is 0 Å². The molecule has 0 radical (unpaired) electrons. The van der Waals surface area contributed by atoms with Gasteiger partial charge in [0.05, 0.1) is 0 Å². The van der Waals surface area contributed by atoms with E-state index in [0.29, 0.717) is 5.41 Å². The quantitative estimate of drug-likeness (QED) is 0.421. The van der Waals surface area contributed by atoms with Crippen LogP contribution in [0.25, 0.3) is 0 Å². The Kier molecular flexibility index (Phi) is 19.2. The monoisotopic (exact) mass is 261 g/mol. The predicted molar refractivity (Wildman–Crippen MR) is 51.5 cm³/mol. The Morgan fingerprint density at radius 1 is 0.706 bits per heavy atom. The van der Waals surface area contributed by atoms with Gasteiger partial charge in [-0.3, -0.25) is 0 Å². The molecule has 0 aliphatic carbocycles. The zero-order valence-electron chi connectivity index (χ0n) is 9.63. The van der Waals surface area contributed by atoms with Gasteiger partial charge in [0, 0.05) is 0 Å². The lowest BCUT2D eigenvalue weighted by Gasteiger charge is -2.05. The summed E-state index contributed by atoms with van der Waals surface area (Å²) in [7, 11) is 0. The van der Waals surface area contributed by atoms with Gasteiger partial charge in [-0.15, -0.1) is 30.3 Å². The van der Waals surface area contributed by atoms with Crippen LogP contribution in [-0.4, -0.2) is 30.9 Å². The highest BCUT2D eigenvalue weighted by atomic mass is 16.9. The van der Waals surface area contributed by atoms with Gasteiger partial charge in [0.1, 0.15) is 0 Å². The maximum atomic E-state index is 8.36. The summed E-state index contributed by atoms with van der Waals surface area (Å²) in [5.74, 6) is 0. The topological polar surface area (TPSA) is 190 Å². The zero-order chi connectivity index (χ0) is 15.2. The Morgan fingerprint density at radius 2 is 0.706 bits per heavy atom. The number of hydrogen-bond donors (Lipinski definition) is 3. The minimum absolute atomic E-state index is 0.500. The Balaban J connectivity index is -0.0000000667. The molecule has 0 aliphatic rings. The van der Waals surface area contributed by atoms with Gasteiger partial charge in [-0.1, -0.05) is 27.7 Å². The van der Waals surface area contributed by atoms with E-state index in [1.807, 2.05) is 0 Å². The zero-order valence-corrected chi connectivity index (χ0v) is 9.63. The van der Waals surface area contributed by atoms with E-state index < -0.39 is 15.3 Å². The first-order chi connectivity index (χ1) is 7.20. The SMILES string of the molecule is CC(C)(C)C.O=[N+]([O-])O.O=[N+]([O-])O.O=[N+]([O-])O. The molecular weight excluding hydrogens is 246 g/mol. The summed E-state index contributed by atoms with van der Waals surface area (Å²) in [5, 5.41) is 40.9. The van der Waals surface area contributed by atoms with Gasteiger partial charge < -0.3 is 15.6 Å². The van der Waals surface area contributed by atoms with Gasteiger partial charge in [0.2, 0.25) is 0 Å². The summed E-state index contributed by atoms with van der Waals surface area (Å²) in [6.07, 6.45) is 0. The minimum Gasteiger partial charge on any atom is -0.328 e. The summed E-state index contributed by atoms with van der Waals surface area (Å²) < 4.78 is 0. The van der Waals surface area contributed by atoms with Crippen LogP contribution < -0.4 is 0 Å². The van der Waals surface area contributed by atoms with Crippen LogP contribution in [0.1, 0.15) is 27.7 Å². The summed E-state index contributed by atoms with van der Waals surface area (Å²) >= 11 is 0. The average Bonchev–Trinajstić information content (AvgIpc) is 1.73. The van der Waals surface area contributed by atoms with E-state index in [0.717, 1.165) is 0 Å². The van der Waals surface area contributed by atoms with Crippen molar-refractivity contribution in [3.63, 3.8) is 0 Å². The van der Waals surface area contributed by atoms with E-state index >= 15 is 0 Å². The van der Waals surface area contributed by atoms with E-state index in [2.05, 4.69) is 27.7 Å². The molecule has 3 N–H and O–H groups in total. The van der Waals surface area contributed by atoms with Crippen molar-refractivity contribution in [2.75, 3.05) is 0 Å². The molecule has 0 amide bonds. The highest BCUT2D eigenvalue weighted by Crippen LogP contribution is 2.07. The third-order valence-corrected chi connectivity index (χ3v) is 0. The molecule has 0 aromatic heterocycles. The van der Waals surface area contributed by atoms with Gasteiger partial charge in [-0.25, -0.2) is 0 Å². The maximum Gasteiger partial charge on any atom is 0.291 e. The molecule has 0 aromatic carbocycles. The van der Waals surface area contributed by atoms with Crippen molar-refractivity contribution in [1.82, 2.24) is 0 Å². The van der Waals surface area contributed by atoms with Crippen LogP contribution in [0.4, 0.5) is 0 Å². The second kappa shape index (κ2) is 13.6. The van der Waals surface area contributed by atoms with Crippen molar-refractivity contribution in [3.8, 4) is 0 Å². The highest BCUT2D eigenvalue weighted by Gasteiger charge is 1.95. The molecular formula is C5H15N3O9. The molecule has 0 atom stereocenters. The first-order valence-corrected chi connectivity index (χ1v) is 3.70.